The van der Waals surface area contributed by atoms with Gasteiger partial charge < -0.3 is 5.32 Å². The SMILES string of the molecule is CC(C)NC(C)(C)CCc1[nH]nc(-c2ccc(Cl)cc2)c1-c1ccncc1. The maximum absolute atomic E-state index is 6.06. The molecule has 142 valence electrons. The summed E-state index contributed by atoms with van der Waals surface area (Å²) in [5.41, 5.74) is 5.45. The van der Waals surface area contributed by atoms with Crippen molar-refractivity contribution in [2.75, 3.05) is 0 Å². The Balaban J connectivity index is 1.96. The van der Waals surface area contributed by atoms with Gasteiger partial charge in [-0.3, -0.25) is 10.1 Å². The van der Waals surface area contributed by atoms with Gasteiger partial charge in [-0.05, 0) is 56.5 Å². The minimum atomic E-state index is 0.0508. The molecule has 0 saturated carbocycles. The van der Waals surface area contributed by atoms with Gasteiger partial charge in [0.2, 0.25) is 0 Å². The number of aromatic amines is 1. The monoisotopic (exact) mass is 382 g/mol. The quantitative estimate of drug-likeness (QED) is 0.567. The molecule has 0 spiro atoms. The first kappa shape index (κ1) is 19.6. The van der Waals surface area contributed by atoms with Crippen LogP contribution in [-0.4, -0.2) is 26.8 Å². The van der Waals surface area contributed by atoms with Gasteiger partial charge >= 0.3 is 0 Å². The van der Waals surface area contributed by atoms with Crippen LogP contribution in [0.2, 0.25) is 5.02 Å². The molecule has 0 aliphatic heterocycles. The highest BCUT2D eigenvalue weighted by Crippen LogP contribution is 2.34. The molecular formula is C22H27ClN4. The van der Waals surface area contributed by atoms with Gasteiger partial charge in [-0.15, -0.1) is 0 Å². The third-order valence-electron chi connectivity index (χ3n) is 4.61. The van der Waals surface area contributed by atoms with Crippen molar-refractivity contribution in [3.8, 4) is 22.4 Å². The Morgan fingerprint density at radius 1 is 1.04 bits per heavy atom. The summed E-state index contributed by atoms with van der Waals surface area (Å²) in [7, 11) is 0. The number of H-pyrrole nitrogens is 1. The molecule has 0 bridgehead atoms. The second-order valence-corrected chi connectivity index (χ2v) is 8.29. The van der Waals surface area contributed by atoms with E-state index in [9.17, 15) is 0 Å². The number of hydrogen-bond acceptors (Lipinski definition) is 3. The second kappa shape index (κ2) is 8.24. The summed E-state index contributed by atoms with van der Waals surface area (Å²) in [4.78, 5) is 4.16. The molecule has 0 radical (unpaired) electrons. The molecular weight excluding hydrogens is 356 g/mol. The topological polar surface area (TPSA) is 53.6 Å². The van der Waals surface area contributed by atoms with Crippen LogP contribution in [0.5, 0.6) is 0 Å². The van der Waals surface area contributed by atoms with Crippen molar-refractivity contribution in [1.29, 1.82) is 0 Å². The molecule has 0 saturated heterocycles. The van der Waals surface area contributed by atoms with E-state index < -0.39 is 0 Å². The van der Waals surface area contributed by atoms with Gasteiger partial charge in [-0.25, -0.2) is 0 Å². The minimum absolute atomic E-state index is 0.0508. The summed E-state index contributed by atoms with van der Waals surface area (Å²) in [5.74, 6) is 0. The number of rotatable bonds is 7. The normalized spacial score (nSPS) is 11.9. The Bertz CT molecular complexity index is 867. The summed E-state index contributed by atoms with van der Waals surface area (Å²) in [5, 5.41) is 12.3. The number of aryl methyl sites for hydroxylation is 1. The van der Waals surface area contributed by atoms with E-state index in [0.29, 0.717) is 6.04 Å². The maximum Gasteiger partial charge on any atom is 0.100 e. The van der Waals surface area contributed by atoms with E-state index in [1.54, 1.807) is 0 Å². The van der Waals surface area contributed by atoms with Crippen molar-refractivity contribution in [3.05, 3.63) is 59.5 Å². The fraction of sp³-hybridized carbons (Fsp3) is 0.364. The van der Waals surface area contributed by atoms with E-state index in [-0.39, 0.29) is 5.54 Å². The predicted molar refractivity (Wildman–Crippen MR) is 113 cm³/mol. The third kappa shape index (κ3) is 4.96. The van der Waals surface area contributed by atoms with Crippen molar-refractivity contribution in [2.24, 2.45) is 0 Å². The highest BCUT2D eigenvalue weighted by atomic mass is 35.5. The molecule has 4 nitrogen and oxygen atoms in total. The lowest BCUT2D eigenvalue weighted by Gasteiger charge is -2.29. The van der Waals surface area contributed by atoms with Crippen LogP contribution in [0.1, 0.15) is 39.8 Å². The average Bonchev–Trinajstić information content (AvgIpc) is 3.04. The molecule has 2 N–H and O–H groups in total. The lowest BCUT2D eigenvalue weighted by molar-refractivity contribution is 0.332. The second-order valence-electron chi connectivity index (χ2n) is 7.85. The van der Waals surface area contributed by atoms with Crippen LogP contribution in [0, 0.1) is 0 Å². The predicted octanol–water partition coefficient (Wildman–Crippen LogP) is 5.50. The molecule has 1 aromatic carbocycles. The smallest absolute Gasteiger partial charge is 0.100 e. The van der Waals surface area contributed by atoms with Gasteiger partial charge in [-0.1, -0.05) is 37.6 Å². The molecule has 2 aromatic heterocycles. The Morgan fingerprint density at radius 3 is 2.33 bits per heavy atom. The number of pyridine rings is 1. The average molecular weight is 383 g/mol. The lowest BCUT2D eigenvalue weighted by Crippen LogP contribution is -2.43. The first-order valence-corrected chi connectivity index (χ1v) is 9.75. The molecule has 0 aliphatic rings. The molecule has 0 amide bonds. The van der Waals surface area contributed by atoms with Crippen LogP contribution in [0.25, 0.3) is 22.4 Å². The molecule has 0 atom stereocenters. The molecule has 0 fully saturated rings. The molecule has 3 rings (SSSR count). The highest BCUT2D eigenvalue weighted by Gasteiger charge is 2.22. The molecule has 3 aromatic rings. The van der Waals surface area contributed by atoms with Crippen LogP contribution in [-0.2, 0) is 6.42 Å². The molecule has 27 heavy (non-hydrogen) atoms. The number of aromatic nitrogens is 3. The Labute approximate surface area is 166 Å². The Hall–Kier alpha value is -2.17. The summed E-state index contributed by atoms with van der Waals surface area (Å²) in [6.07, 6.45) is 5.56. The van der Waals surface area contributed by atoms with E-state index in [1.165, 1.54) is 0 Å². The van der Waals surface area contributed by atoms with Gasteiger partial charge in [0.15, 0.2) is 0 Å². The van der Waals surface area contributed by atoms with Crippen molar-refractivity contribution in [1.82, 2.24) is 20.5 Å². The van der Waals surface area contributed by atoms with E-state index in [4.69, 9.17) is 11.6 Å². The van der Waals surface area contributed by atoms with Gasteiger partial charge in [0.25, 0.3) is 0 Å². The van der Waals surface area contributed by atoms with Gasteiger partial charge in [-0.2, -0.15) is 5.10 Å². The van der Waals surface area contributed by atoms with E-state index in [0.717, 1.165) is 45.9 Å². The van der Waals surface area contributed by atoms with E-state index >= 15 is 0 Å². The summed E-state index contributed by atoms with van der Waals surface area (Å²) < 4.78 is 0. The van der Waals surface area contributed by atoms with Crippen LogP contribution in [0.15, 0.2) is 48.8 Å². The fourth-order valence-electron chi connectivity index (χ4n) is 3.50. The van der Waals surface area contributed by atoms with E-state index in [2.05, 4.69) is 48.2 Å². The van der Waals surface area contributed by atoms with Crippen LogP contribution in [0.4, 0.5) is 0 Å². The van der Waals surface area contributed by atoms with Gasteiger partial charge in [0.05, 0.1) is 0 Å². The Kier molecular flexibility index (Phi) is 5.98. The third-order valence-corrected chi connectivity index (χ3v) is 4.86. The van der Waals surface area contributed by atoms with Crippen molar-refractivity contribution in [2.45, 2.75) is 52.1 Å². The summed E-state index contributed by atoms with van der Waals surface area (Å²) >= 11 is 6.06. The van der Waals surface area contributed by atoms with Crippen LogP contribution in [0.3, 0.4) is 0 Å². The largest absolute Gasteiger partial charge is 0.310 e. The van der Waals surface area contributed by atoms with Gasteiger partial charge in [0, 0.05) is 45.8 Å². The van der Waals surface area contributed by atoms with Gasteiger partial charge in [0.1, 0.15) is 5.69 Å². The zero-order valence-electron chi connectivity index (χ0n) is 16.4. The summed E-state index contributed by atoms with van der Waals surface area (Å²) in [6.45, 7) is 8.85. The molecule has 5 heteroatoms. The first-order valence-electron chi connectivity index (χ1n) is 9.37. The zero-order valence-corrected chi connectivity index (χ0v) is 17.1. The summed E-state index contributed by atoms with van der Waals surface area (Å²) in [6, 6.07) is 12.3. The maximum atomic E-state index is 6.06. The number of nitrogens with one attached hydrogen (secondary N) is 2. The zero-order chi connectivity index (χ0) is 19.4. The van der Waals surface area contributed by atoms with Crippen LogP contribution < -0.4 is 5.32 Å². The fourth-order valence-corrected chi connectivity index (χ4v) is 3.62. The minimum Gasteiger partial charge on any atom is -0.310 e. The molecule has 2 heterocycles. The number of hydrogen-bond donors (Lipinski definition) is 2. The number of benzene rings is 1. The van der Waals surface area contributed by atoms with Crippen LogP contribution >= 0.6 is 11.6 Å². The van der Waals surface area contributed by atoms with Crippen molar-refractivity contribution >= 4 is 11.6 Å². The molecule has 0 aliphatic carbocycles. The first-order chi connectivity index (χ1) is 12.9. The van der Waals surface area contributed by atoms with E-state index in [1.807, 2.05) is 48.8 Å². The molecule has 0 unspecified atom stereocenters. The standard InChI is InChI=1S/C22H27ClN4/c1-15(2)25-22(3,4)12-9-19-20(16-10-13-24-14-11-16)21(27-26-19)17-5-7-18(23)8-6-17/h5-8,10-11,13-15,25H,9,12H2,1-4H3,(H,26,27). The highest BCUT2D eigenvalue weighted by molar-refractivity contribution is 6.30. The lowest BCUT2D eigenvalue weighted by atomic mass is 9.92. The Morgan fingerprint density at radius 2 is 1.70 bits per heavy atom. The van der Waals surface area contributed by atoms with Crippen molar-refractivity contribution < 1.29 is 0 Å². The van der Waals surface area contributed by atoms with Crippen molar-refractivity contribution in [3.63, 3.8) is 0 Å². The number of halogens is 1. The number of nitrogens with zero attached hydrogens (tertiary/aromatic N) is 2.